The normalized spacial score (nSPS) is 10.7. The summed E-state index contributed by atoms with van der Waals surface area (Å²) in [6, 6.07) is 15.3. The highest BCUT2D eigenvalue weighted by atomic mass is 16.6. The molecule has 132 valence electrons. The minimum absolute atomic E-state index is 0.0438. The fourth-order valence-corrected chi connectivity index (χ4v) is 2.38. The second-order valence-electron chi connectivity index (χ2n) is 5.51. The fourth-order valence-electron chi connectivity index (χ4n) is 2.38. The van der Waals surface area contributed by atoms with E-state index in [1.54, 1.807) is 11.0 Å². The number of nitrogens with one attached hydrogen (secondary N) is 1. The van der Waals surface area contributed by atoms with Crippen molar-refractivity contribution in [1.29, 1.82) is 5.26 Å². The smallest absolute Gasteiger partial charge is 0.292 e. The molecule has 0 atom stereocenters. The van der Waals surface area contributed by atoms with Gasteiger partial charge in [-0.1, -0.05) is 24.3 Å². The first kappa shape index (κ1) is 18.7. The van der Waals surface area contributed by atoms with Crippen LogP contribution >= 0.6 is 0 Å². The third-order valence-corrected chi connectivity index (χ3v) is 3.67. The molecule has 0 saturated carbocycles. The van der Waals surface area contributed by atoms with Crippen molar-refractivity contribution < 1.29 is 9.72 Å². The van der Waals surface area contributed by atoms with Crippen molar-refractivity contribution in [2.24, 2.45) is 0 Å². The SMILES string of the molecule is CCN(/C=C(/C#N)C(=O)Nc1ccccc1[N+](=O)[O-])c1cccc(C)c1. The minimum Gasteiger partial charge on any atom is -0.347 e. The van der Waals surface area contributed by atoms with Crippen LogP contribution in [0.2, 0.25) is 0 Å². The maximum atomic E-state index is 12.4. The number of carbonyl (C=O) groups is 1. The third kappa shape index (κ3) is 4.45. The average molecular weight is 350 g/mol. The van der Waals surface area contributed by atoms with Crippen LogP contribution in [-0.4, -0.2) is 17.4 Å². The molecule has 0 aromatic heterocycles. The number of amides is 1. The van der Waals surface area contributed by atoms with Crippen LogP contribution < -0.4 is 10.2 Å². The largest absolute Gasteiger partial charge is 0.347 e. The molecular weight excluding hydrogens is 332 g/mol. The molecule has 0 unspecified atom stereocenters. The van der Waals surface area contributed by atoms with Crippen molar-refractivity contribution in [3.05, 3.63) is 76.0 Å². The average Bonchev–Trinajstić information content (AvgIpc) is 2.63. The van der Waals surface area contributed by atoms with Crippen LogP contribution in [0, 0.1) is 28.4 Å². The number of hydrogen-bond acceptors (Lipinski definition) is 5. The van der Waals surface area contributed by atoms with Gasteiger partial charge in [0.05, 0.1) is 4.92 Å². The molecule has 26 heavy (non-hydrogen) atoms. The Morgan fingerprint density at radius 3 is 2.65 bits per heavy atom. The molecule has 0 bridgehead atoms. The number of anilines is 2. The number of carbonyl (C=O) groups excluding carboxylic acids is 1. The maximum Gasteiger partial charge on any atom is 0.292 e. The molecule has 7 nitrogen and oxygen atoms in total. The van der Waals surface area contributed by atoms with Gasteiger partial charge in [0.2, 0.25) is 0 Å². The van der Waals surface area contributed by atoms with Crippen LogP contribution in [0.5, 0.6) is 0 Å². The zero-order valence-electron chi connectivity index (χ0n) is 14.5. The highest BCUT2D eigenvalue weighted by molar-refractivity contribution is 6.07. The Balaban J connectivity index is 2.29. The van der Waals surface area contributed by atoms with E-state index in [0.717, 1.165) is 11.3 Å². The first-order valence-corrected chi connectivity index (χ1v) is 7.96. The molecule has 0 saturated heterocycles. The number of nitriles is 1. The zero-order chi connectivity index (χ0) is 19.1. The van der Waals surface area contributed by atoms with E-state index in [1.807, 2.05) is 44.2 Å². The molecule has 1 N–H and O–H groups in total. The Bertz CT molecular complexity index is 900. The molecule has 0 spiro atoms. The van der Waals surface area contributed by atoms with Crippen molar-refractivity contribution >= 4 is 23.0 Å². The number of para-hydroxylation sites is 2. The summed E-state index contributed by atoms with van der Waals surface area (Å²) in [6.45, 7) is 4.40. The molecule has 0 fully saturated rings. The van der Waals surface area contributed by atoms with E-state index >= 15 is 0 Å². The molecule has 0 aliphatic carbocycles. The maximum absolute atomic E-state index is 12.4. The number of benzene rings is 2. The van der Waals surface area contributed by atoms with E-state index in [4.69, 9.17) is 0 Å². The molecule has 0 aliphatic heterocycles. The summed E-state index contributed by atoms with van der Waals surface area (Å²) in [6.07, 6.45) is 1.44. The van der Waals surface area contributed by atoms with Gasteiger partial charge in [0, 0.05) is 24.5 Å². The lowest BCUT2D eigenvalue weighted by Crippen LogP contribution is -2.21. The lowest BCUT2D eigenvalue weighted by Gasteiger charge is -2.19. The van der Waals surface area contributed by atoms with Gasteiger partial charge in [-0.05, 0) is 37.6 Å². The lowest BCUT2D eigenvalue weighted by atomic mass is 10.2. The van der Waals surface area contributed by atoms with Crippen LogP contribution in [-0.2, 0) is 4.79 Å². The van der Waals surface area contributed by atoms with E-state index in [1.165, 1.54) is 24.4 Å². The monoisotopic (exact) mass is 350 g/mol. The molecule has 7 heteroatoms. The number of nitro groups is 1. The van der Waals surface area contributed by atoms with Gasteiger partial charge in [0.25, 0.3) is 11.6 Å². The second-order valence-corrected chi connectivity index (χ2v) is 5.51. The highest BCUT2D eigenvalue weighted by Gasteiger charge is 2.18. The lowest BCUT2D eigenvalue weighted by molar-refractivity contribution is -0.383. The Kier molecular flexibility index (Phi) is 6.06. The molecule has 0 radical (unpaired) electrons. The van der Waals surface area contributed by atoms with E-state index in [-0.39, 0.29) is 16.9 Å². The third-order valence-electron chi connectivity index (χ3n) is 3.67. The van der Waals surface area contributed by atoms with Crippen molar-refractivity contribution in [2.75, 3.05) is 16.8 Å². The van der Waals surface area contributed by atoms with Crippen molar-refractivity contribution in [3.8, 4) is 6.07 Å². The van der Waals surface area contributed by atoms with Crippen LogP contribution in [0.3, 0.4) is 0 Å². The van der Waals surface area contributed by atoms with Gasteiger partial charge in [0.1, 0.15) is 17.3 Å². The summed E-state index contributed by atoms with van der Waals surface area (Å²) < 4.78 is 0. The number of nitrogens with zero attached hydrogens (tertiary/aromatic N) is 3. The number of aryl methyl sites for hydroxylation is 1. The quantitative estimate of drug-likeness (QED) is 0.370. The zero-order valence-corrected chi connectivity index (χ0v) is 14.5. The van der Waals surface area contributed by atoms with Crippen molar-refractivity contribution in [1.82, 2.24) is 0 Å². The van der Waals surface area contributed by atoms with Crippen LogP contribution in [0.15, 0.2) is 60.3 Å². The van der Waals surface area contributed by atoms with E-state index in [9.17, 15) is 20.2 Å². The van der Waals surface area contributed by atoms with Crippen LogP contribution in [0.25, 0.3) is 0 Å². The molecule has 0 aliphatic rings. The van der Waals surface area contributed by atoms with Crippen molar-refractivity contribution in [3.63, 3.8) is 0 Å². The Hall–Kier alpha value is -3.66. The Morgan fingerprint density at radius 1 is 1.31 bits per heavy atom. The van der Waals surface area contributed by atoms with Gasteiger partial charge in [-0.3, -0.25) is 14.9 Å². The molecule has 1 amide bonds. The number of hydrogen-bond donors (Lipinski definition) is 1. The molecule has 0 heterocycles. The second kappa shape index (κ2) is 8.44. The molecule has 2 aromatic carbocycles. The van der Waals surface area contributed by atoms with Gasteiger partial charge in [-0.25, -0.2) is 0 Å². The summed E-state index contributed by atoms with van der Waals surface area (Å²) >= 11 is 0. The number of nitro benzene ring substituents is 1. The Labute approximate surface area is 151 Å². The molecule has 2 aromatic rings. The predicted octanol–water partition coefficient (Wildman–Crippen LogP) is 3.78. The van der Waals surface area contributed by atoms with Crippen molar-refractivity contribution in [2.45, 2.75) is 13.8 Å². The fraction of sp³-hybridized carbons (Fsp3) is 0.158. The van der Waals surface area contributed by atoms with Gasteiger partial charge >= 0.3 is 0 Å². The summed E-state index contributed by atoms with van der Waals surface area (Å²) in [5.41, 5.74) is 1.56. The summed E-state index contributed by atoms with van der Waals surface area (Å²) in [5, 5.41) is 22.8. The van der Waals surface area contributed by atoms with Gasteiger partial charge in [0.15, 0.2) is 0 Å². The standard InChI is InChI=1S/C19H18N4O3/c1-3-22(16-8-6-7-14(2)11-16)13-15(12-20)19(24)21-17-9-4-5-10-18(17)23(25)26/h4-11,13H,3H2,1-2H3,(H,21,24)/b15-13-. The minimum atomic E-state index is -0.701. The predicted molar refractivity (Wildman–Crippen MR) is 99.6 cm³/mol. The van der Waals surface area contributed by atoms with E-state index in [2.05, 4.69) is 5.32 Å². The van der Waals surface area contributed by atoms with Crippen LogP contribution in [0.4, 0.5) is 17.1 Å². The van der Waals surface area contributed by atoms with Crippen LogP contribution in [0.1, 0.15) is 12.5 Å². The van der Waals surface area contributed by atoms with Gasteiger partial charge in [-0.2, -0.15) is 5.26 Å². The summed E-state index contributed by atoms with van der Waals surface area (Å²) in [7, 11) is 0. The highest BCUT2D eigenvalue weighted by Crippen LogP contribution is 2.24. The summed E-state index contributed by atoms with van der Waals surface area (Å²) in [4.78, 5) is 24.6. The molecular formula is C19H18N4O3. The topological polar surface area (TPSA) is 99.3 Å². The van der Waals surface area contributed by atoms with Gasteiger partial charge in [-0.15, -0.1) is 0 Å². The molecule has 2 rings (SSSR count). The Morgan fingerprint density at radius 2 is 2.04 bits per heavy atom. The van der Waals surface area contributed by atoms with Gasteiger partial charge < -0.3 is 10.2 Å². The number of rotatable bonds is 6. The van der Waals surface area contributed by atoms with E-state index < -0.39 is 10.8 Å². The summed E-state index contributed by atoms with van der Waals surface area (Å²) in [5.74, 6) is -0.701. The first-order chi connectivity index (χ1) is 12.5. The first-order valence-electron chi connectivity index (χ1n) is 7.96. The van der Waals surface area contributed by atoms with E-state index in [0.29, 0.717) is 6.54 Å².